The number of piperazine rings is 1. The van der Waals surface area contributed by atoms with Crippen LogP contribution in [0.2, 0.25) is 0 Å². The van der Waals surface area contributed by atoms with Crippen molar-refractivity contribution in [3.05, 3.63) is 30.1 Å². The van der Waals surface area contributed by atoms with E-state index in [-0.39, 0.29) is 17.5 Å². The number of nitrogens with zero attached hydrogens (tertiary/aromatic N) is 3. The Morgan fingerprint density at radius 1 is 1.25 bits per heavy atom. The third kappa shape index (κ3) is 4.98. The lowest BCUT2D eigenvalue weighted by atomic mass is 9.75. The van der Waals surface area contributed by atoms with Crippen molar-refractivity contribution in [1.29, 1.82) is 0 Å². The molecule has 2 aliphatic rings. The Bertz CT molecular complexity index is 642. The smallest absolute Gasteiger partial charge is 0.201 e. The van der Waals surface area contributed by atoms with Crippen LogP contribution in [0.4, 0.5) is 0 Å². The van der Waals surface area contributed by atoms with E-state index in [1.165, 1.54) is 0 Å². The fourth-order valence-electron chi connectivity index (χ4n) is 4.50. The van der Waals surface area contributed by atoms with E-state index in [1.807, 2.05) is 18.2 Å². The van der Waals surface area contributed by atoms with E-state index in [4.69, 9.17) is 9.47 Å². The van der Waals surface area contributed by atoms with E-state index < -0.39 is 5.54 Å². The highest BCUT2D eigenvalue weighted by atomic mass is 16.5. The molecule has 6 nitrogen and oxygen atoms in total. The summed E-state index contributed by atoms with van der Waals surface area (Å²) in [6, 6.07) is 5.59. The van der Waals surface area contributed by atoms with Crippen molar-refractivity contribution >= 4 is 5.78 Å². The number of rotatable bonds is 7. The summed E-state index contributed by atoms with van der Waals surface area (Å²) in [5, 5.41) is 0. The van der Waals surface area contributed by atoms with Crippen LogP contribution in [0, 0.1) is 0 Å². The van der Waals surface area contributed by atoms with Crippen molar-refractivity contribution in [2.45, 2.75) is 57.8 Å². The van der Waals surface area contributed by atoms with Crippen LogP contribution in [-0.4, -0.2) is 83.7 Å². The molecule has 1 aromatic rings. The number of ether oxygens (including phenoxy) is 2. The Hall–Kier alpha value is -1.34. The highest BCUT2D eigenvalue weighted by Gasteiger charge is 2.51. The molecule has 2 aliphatic heterocycles. The van der Waals surface area contributed by atoms with Gasteiger partial charge < -0.3 is 9.47 Å². The van der Waals surface area contributed by atoms with Crippen molar-refractivity contribution in [3.63, 3.8) is 0 Å². The molecule has 0 bridgehead atoms. The van der Waals surface area contributed by atoms with Crippen LogP contribution in [0.5, 0.6) is 0 Å². The van der Waals surface area contributed by atoms with Gasteiger partial charge in [-0.05, 0) is 46.2 Å². The molecule has 0 spiro atoms. The first-order valence-electron chi connectivity index (χ1n) is 10.5. The fourth-order valence-corrected chi connectivity index (χ4v) is 4.50. The molecule has 156 valence electrons. The minimum Gasteiger partial charge on any atom is -0.377 e. The largest absolute Gasteiger partial charge is 0.377 e. The van der Waals surface area contributed by atoms with Crippen LogP contribution in [-0.2, 0) is 9.47 Å². The SMILES string of the molecule is CC(C)OCCN1CCN(C2(C(=O)c3ccccn3)CCOC(C)(C)C2)CC1. The zero-order valence-electron chi connectivity index (χ0n) is 17.8. The maximum Gasteiger partial charge on any atom is 0.201 e. The van der Waals surface area contributed by atoms with Crippen LogP contribution in [0.15, 0.2) is 24.4 Å². The predicted octanol–water partition coefficient (Wildman–Crippen LogP) is 2.63. The zero-order chi connectivity index (χ0) is 20.2. The molecule has 2 saturated heterocycles. The summed E-state index contributed by atoms with van der Waals surface area (Å²) < 4.78 is 11.7. The van der Waals surface area contributed by atoms with Gasteiger partial charge >= 0.3 is 0 Å². The Balaban J connectivity index is 1.73. The van der Waals surface area contributed by atoms with Crippen molar-refractivity contribution in [2.75, 3.05) is 45.9 Å². The summed E-state index contributed by atoms with van der Waals surface area (Å²) in [4.78, 5) is 22.8. The van der Waals surface area contributed by atoms with Crippen molar-refractivity contribution in [1.82, 2.24) is 14.8 Å². The Kier molecular flexibility index (Phi) is 6.86. The van der Waals surface area contributed by atoms with Gasteiger partial charge in [-0.2, -0.15) is 0 Å². The van der Waals surface area contributed by atoms with E-state index in [1.54, 1.807) is 6.20 Å². The Morgan fingerprint density at radius 3 is 2.61 bits per heavy atom. The first-order valence-corrected chi connectivity index (χ1v) is 10.5. The molecule has 2 fully saturated rings. The number of pyridine rings is 1. The minimum absolute atomic E-state index is 0.140. The summed E-state index contributed by atoms with van der Waals surface area (Å²) >= 11 is 0. The predicted molar refractivity (Wildman–Crippen MR) is 110 cm³/mol. The highest BCUT2D eigenvalue weighted by molar-refractivity contribution is 6.02. The molecule has 1 aromatic heterocycles. The molecule has 3 heterocycles. The molecule has 0 N–H and O–H groups in total. The first-order chi connectivity index (χ1) is 13.3. The fraction of sp³-hybridized carbons (Fsp3) is 0.727. The third-order valence-corrected chi connectivity index (χ3v) is 5.88. The monoisotopic (exact) mass is 389 g/mol. The molecule has 0 aromatic carbocycles. The Labute approximate surface area is 169 Å². The van der Waals surface area contributed by atoms with Gasteiger partial charge in [0.05, 0.1) is 23.9 Å². The normalized spacial score (nSPS) is 26.5. The standard InChI is InChI=1S/C22H35N3O3/c1-18(2)27-16-14-24-10-12-25(13-11-24)22(8-15-28-21(3,4)17-22)20(26)19-7-5-6-9-23-19/h5-7,9,18H,8,10-17H2,1-4H3. The second kappa shape index (κ2) is 8.99. The van der Waals surface area contributed by atoms with Gasteiger partial charge in [0.2, 0.25) is 5.78 Å². The number of ketones is 1. The summed E-state index contributed by atoms with van der Waals surface area (Å²) in [5.41, 5.74) is -0.283. The maximum absolute atomic E-state index is 13.6. The van der Waals surface area contributed by atoms with E-state index >= 15 is 0 Å². The molecule has 1 unspecified atom stereocenters. The van der Waals surface area contributed by atoms with E-state index in [0.717, 1.165) is 45.8 Å². The summed E-state index contributed by atoms with van der Waals surface area (Å²) in [6.07, 6.45) is 3.40. The van der Waals surface area contributed by atoms with E-state index in [0.29, 0.717) is 18.7 Å². The number of hydrogen-bond donors (Lipinski definition) is 0. The molecule has 3 rings (SSSR count). The number of aromatic nitrogens is 1. The van der Waals surface area contributed by atoms with Crippen molar-refractivity contribution < 1.29 is 14.3 Å². The molecular weight excluding hydrogens is 354 g/mol. The van der Waals surface area contributed by atoms with Crippen LogP contribution < -0.4 is 0 Å². The lowest BCUT2D eigenvalue weighted by Gasteiger charge is -2.52. The van der Waals surface area contributed by atoms with E-state index in [2.05, 4.69) is 42.5 Å². The number of carbonyl (C=O) groups is 1. The number of hydrogen-bond acceptors (Lipinski definition) is 6. The first kappa shape index (κ1) is 21.4. The summed E-state index contributed by atoms with van der Waals surface area (Å²) in [7, 11) is 0. The summed E-state index contributed by atoms with van der Waals surface area (Å²) in [6.45, 7) is 14.3. The quantitative estimate of drug-likeness (QED) is 0.668. The van der Waals surface area contributed by atoms with Gasteiger partial charge in [-0.1, -0.05) is 6.07 Å². The van der Waals surface area contributed by atoms with Crippen LogP contribution in [0.1, 0.15) is 51.0 Å². The molecule has 0 saturated carbocycles. The molecule has 0 amide bonds. The molecule has 6 heteroatoms. The average molecular weight is 390 g/mol. The van der Waals surface area contributed by atoms with E-state index in [9.17, 15) is 4.79 Å². The lowest BCUT2D eigenvalue weighted by molar-refractivity contribution is -0.114. The zero-order valence-corrected chi connectivity index (χ0v) is 17.8. The topological polar surface area (TPSA) is 54.9 Å². The second-order valence-electron chi connectivity index (χ2n) is 8.86. The van der Waals surface area contributed by atoms with Gasteiger partial charge in [-0.3, -0.25) is 19.6 Å². The third-order valence-electron chi connectivity index (χ3n) is 5.88. The maximum atomic E-state index is 13.6. The van der Waals surface area contributed by atoms with Crippen LogP contribution in [0.25, 0.3) is 0 Å². The van der Waals surface area contributed by atoms with Crippen LogP contribution >= 0.6 is 0 Å². The number of Topliss-reactive ketones (excluding diaryl/α,β-unsaturated/α-hetero) is 1. The Morgan fingerprint density at radius 2 is 2.00 bits per heavy atom. The molecule has 0 aliphatic carbocycles. The van der Waals surface area contributed by atoms with Crippen LogP contribution in [0.3, 0.4) is 0 Å². The number of carbonyl (C=O) groups excluding carboxylic acids is 1. The van der Waals surface area contributed by atoms with Gasteiger partial charge in [0.25, 0.3) is 0 Å². The molecule has 1 atom stereocenters. The van der Waals surface area contributed by atoms with Gasteiger partial charge in [0.15, 0.2) is 0 Å². The highest BCUT2D eigenvalue weighted by Crippen LogP contribution is 2.39. The molecule has 0 radical (unpaired) electrons. The minimum atomic E-state index is -0.531. The molecular formula is C22H35N3O3. The molecule has 28 heavy (non-hydrogen) atoms. The lowest BCUT2D eigenvalue weighted by Crippen LogP contribution is -2.65. The van der Waals surface area contributed by atoms with Crippen molar-refractivity contribution in [3.8, 4) is 0 Å². The second-order valence-corrected chi connectivity index (χ2v) is 8.86. The summed E-state index contributed by atoms with van der Waals surface area (Å²) in [5.74, 6) is 0.140. The average Bonchev–Trinajstić information content (AvgIpc) is 2.67. The van der Waals surface area contributed by atoms with Crippen molar-refractivity contribution in [2.24, 2.45) is 0 Å². The van der Waals surface area contributed by atoms with Gasteiger partial charge in [-0.25, -0.2) is 0 Å². The van der Waals surface area contributed by atoms with Gasteiger partial charge in [0, 0.05) is 51.9 Å². The van der Waals surface area contributed by atoms with Gasteiger partial charge in [-0.15, -0.1) is 0 Å². The van der Waals surface area contributed by atoms with Gasteiger partial charge in [0.1, 0.15) is 5.69 Å².